The third-order valence-corrected chi connectivity index (χ3v) is 7.39. The van der Waals surface area contributed by atoms with Crippen LogP contribution in [0.15, 0.2) is 30.6 Å². The molecule has 2 aliphatic rings. The van der Waals surface area contributed by atoms with Gasteiger partial charge in [-0.2, -0.15) is 36.5 Å². The number of amides is 1. The van der Waals surface area contributed by atoms with E-state index in [1.165, 1.54) is 0 Å². The topological polar surface area (TPSA) is 158 Å². The first kappa shape index (κ1) is 35.8. The molecular formula is C28H28F7N7O6. The molecule has 0 spiro atoms. The second-order valence-electron chi connectivity index (χ2n) is 10.6. The number of carbonyl (C=O) groups excluding carboxylic acids is 1. The highest BCUT2D eigenvalue weighted by Gasteiger charge is 2.39. The van der Waals surface area contributed by atoms with Crippen LogP contribution in [0.2, 0.25) is 0 Å². The summed E-state index contributed by atoms with van der Waals surface area (Å²) in [5.41, 5.74) is 5.55. The van der Waals surface area contributed by atoms with Crippen LogP contribution in [0.5, 0.6) is 0 Å². The number of carboxylic acid groups (broad SMARTS) is 2. The summed E-state index contributed by atoms with van der Waals surface area (Å²) in [6.45, 7) is 1.83. The molecule has 6 rings (SSSR count). The highest BCUT2D eigenvalue weighted by molar-refractivity contribution is 5.96. The molecule has 1 saturated heterocycles. The third-order valence-electron chi connectivity index (χ3n) is 7.39. The predicted molar refractivity (Wildman–Crippen MR) is 151 cm³/mol. The minimum absolute atomic E-state index is 0.226. The largest absolute Gasteiger partial charge is 0.490 e. The van der Waals surface area contributed by atoms with Gasteiger partial charge in [0, 0.05) is 62.4 Å². The van der Waals surface area contributed by atoms with Crippen LogP contribution < -0.4 is 0 Å². The van der Waals surface area contributed by atoms with Crippen molar-refractivity contribution >= 4 is 28.7 Å². The first-order chi connectivity index (χ1) is 22.4. The van der Waals surface area contributed by atoms with Crippen molar-refractivity contribution in [3.05, 3.63) is 42.1 Å². The molecule has 2 N–H and O–H groups in total. The number of aliphatic carboxylic acids is 2. The van der Waals surface area contributed by atoms with Gasteiger partial charge in [0.15, 0.2) is 6.67 Å². The maximum Gasteiger partial charge on any atom is 0.490 e. The minimum atomic E-state index is -5.08. The van der Waals surface area contributed by atoms with E-state index in [2.05, 4.69) is 21.8 Å². The van der Waals surface area contributed by atoms with E-state index in [4.69, 9.17) is 34.6 Å². The van der Waals surface area contributed by atoms with Crippen LogP contribution >= 0.6 is 0 Å². The van der Waals surface area contributed by atoms with E-state index in [0.29, 0.717) is 26.2 Å². The lowest BCUT2D eigenvalue weighted by Gasteiger charge is -2.29. The number of carbonyl (C=O) groups is 3. The van der Waals surface area contributed by atoms with Gasteiger partial charge in [0.25, 0.3) is 5.91 Å². The van der Waals surface area contributed by atoms with E-state index in [1.807, 2.05) is 37.2 Å². The number of alkyl halides is 7. The molecule has 0 bridgehead atoms. The van der Waals surface area contributed by atoms with Gasteiger partial charge in [-0.25, -0.2) is 19.0 Å². The van der Waals surface area contributed by atoms with Crippen molar-refractivity contribution in [3.8, 4) is 22.5 Å². The Morgan fingerprint density at radius 2 is 1.62 bits per heavy atom. The van der Waals surface area contributed by atoms with Gasteiger partial charge >= 0.3 is 24.3 Å². The number of fused-ring (bicyclic) bond motifs is 2. The molecule has 3 aromatic heterocycles. The lowest BCUT2D eigenvalue weighted by molar-refractivity contribution is -0.193. The number of hydrogen-bond acceptors (Lipinski definition) is 7. The molecule has 1 fully saturated rings. The molecule has 48 heavy (non-hydrogen) atoms. The summed E-state index contributed by atoms with van der Waals surface area (Å²) >= 11 is 0. The number of hydrogen-bond donors (Lipinski definition) is 2. The number of carboxylic acids is 2. The molecule has 0 aliphatic carbocycles. The first-order valence-electron chi connectivity index (χ1n) is 14.0. The van der Waals surface area contributed by atoms with Crippen molar-refractivity contribution in [1.82, 2.24) is 34.0 Å². The molecule has 260 valence electrons. The molecule has 5 heterocycles. The molecule has 1 unspecified atom stereocenters. The van der Waals surface area contributed by atoms with Gasteiger partial charge in [0.05, 0.1) is 36.3 Å². The maximum atomic E-state index is 13.2. The SMILES string of the molecule is Cn1cc(-c2nn(C)c3ccc(-c4nc(C5CCOC5)n5c4CN(C(=O)CF)CC5)cc23)cn1.O=C(O)C(F)(F)F.O=C(O)C(F)(F)F. The average molecular weight is 692 g/mol. The van der Waals surface area contributed by atoms with Gasteiger partial charge in [0.2, 0.25) is 0 Å². The molecule has 20 heteroatoms. The first-order valence-corrected chi connectivity index (χ1v) is 14.0. The minimum Gasteiger partial charge on any atom is -0.475 e. The fourth-order valence-corrected chi connectivity index (χ4v) is 5.14. The molecule has 1 amide bonds. The van der Waals surface area contributed by atoms with Gasteiger partial charge in [-0.05, 0) is 18.6 Å². The zero-order valence-electron chi connectivity index (χ0n) is 25.2. The van der Waals surface area contributed by atoms with Gasteiger partial charge in [0.1, 0.15) is 11.5 Å². The Morgan fingerprint density at radius 1 is 0.979 bits per heavy atom. The van der Waals surface area contributed by atoms with Crippen molar-refractivity contribution in [3.63, 3.8) is 0 Å². The second-order valence-corrected chi connectivity index (χ2v) is 10.6. The number of aromatic nitrogens is 6. The number of rotatable bonds is 4. The van der Waals surface area contributed by atoms with E-state index in [9.17, 15) is 35.5 Å². The average Bonchev–Trinajstić information content (AvgIpc) is 3.82. The van der Waals surface area contributed by atoms with Crippen molar-refractivity contribution in [1.29, 1.82) is 0 Å². The normalized spacial score (nSPS) is 16.1. The van der Waals surface area contributed by atoms with Crippen molar-refractivity contribution in [2.45, 2.75) is 37.8 Å². The molecule has 13 nitrogen and oxygen atoms in total. The van der Waals surface area contributed by atoms with Gasteiger partial charge in [-0.3, -0.25) is 14.2 Å². The quantitative estimate of drug-likeness (QED) is 0.303. The fraction of sp³-hybridized carbons (Fsp3) is 0.429. The van der Waals surface area contributed by atoms with Crippen LogP contribution in [0.3, 0.4) is 0 Å². The Bertz CT molecular complexity index is 1780. The van der Waals surface area contributed by atoms with Crippen molar-refractivity contribution in [2.75, 3.05) is 26.4 Å². The van der Waals surface area contributed by atoms with E-state index in [-0.39, 0.29) is 5.92 Å². The second kappa shape index (κ2) is 14.0. The molecule has 2 aliphatic heterocycles. The summed E-state index contributed by atoms with van der Waals surface area (Å²) in [5, 5.41) is 24.3. The van der Waals surface area contributed by atoms with Crippen LogP contribution in [-0.2, 0) is 46.3 Å². The maximum absolute atomic E-state index is 13.2. The molecule has 1 aromatic carbocycles. The van der Waals surface area contributed by atoms with Crippen LogP contribution in [0.1, 0.15) is 23.9 Å². The summed E-state index contributed by atoms with van der Waals surface area (Å²) in [7, 11) is 3.81. The molecular weight excluding hydrogens is 663 g/mol. The van der Waals surface area contributed by atoms with Crippen LogP contribution in [-0.4, -0.2) is 101 Å². The Morgan fingerprint density at radius 3 is 2.15 bits per heavy atom. The van der Waals surface area contributed by atoms with Gasteiger partial charge in [-0.15, -0.1) is 0 Å². The Kier molecular flexibility index (Phi) is 10.5. The van der Waals surface area contributed by atoms with E-state index < -0.39 is 36.9 Å². The number of imidazole rings is 1. The Balaban J connectivity index is 0.000000314. The van der Waals surface area contributed by atoms with Crippen LogP contribution in [0, 0.1) is 0 Å². The smallest absolute Gasteiger partial charge is 0.475 e. The summed E-state index contributed by atoms with van der Waals surface area (Å²) in [4.78, 5) is 36.6. The zero-order valence-corrected chi connectivity index (χ0v) is 25.2. The van der Waals surface area contributed by atoms with Gasteiger partial charge < -0.3 is 24.4 Å². The Hall–Kier alpha value is -5.01. The molecule has 0 radical (unpaired) electrons. The Labute approximate surface area is 266 Å². The molecule has 1 atom stereocenters. The number of halogens is 7. The summed E-state index contributed by atoms with van der Waals surface area (Å²) in [6.07, 6.45) is -5.48. The zero-order chi connectivity index (χ0) is 35.6. The number of benzene rings is 1. The molecule has 0 saturated carbocycles. The number of aryl methyl sites for hydroxylation is 2. The lowest BCUT2D eigenvalue weighted by atomic mass is 10.0. The monoisotopic (exact) mass is 691 g/mol. The van der Waals surface area contributed by atoms with E-state index >= 15 is 0 Å². The highest BCUT2D eigenvalue weighted by atomic mass is 19.4. The third kappa shape index (κ3) is 7.92. The van der Waals surface area contributed by atoms with Crippen LogP contribution in [0.4, 0.5) is 30.7 Å². The van der Waals surface area contributed by atoms with Crippen LogP contribution in [0.25, 0.3) is 33.4 Å². The fourth-order valence-electron chi connectivity index (χ4n) is 5.14. The van der Waals surface area contributed by atoms with Gasteiger partial charge in [-0.1, -0.05) is 6.07 Å². The number of nitrogens with zero attached hydrogens (tertiary/aromatic N) is 7. The summed E-state index contributed by atoms with van der Waals surface area (Å²) in [6, 6.07) is 6.21. The summed E-state index contributed by atoms with van der Waals surface area (Å²) < 4.78 is 88.1. The summed E-state index contributed by atoms with van der Waals surface area (Å²) in [5.74, 6) is -4.77. The van der Waals surface area contributed by atoms with Crippen molar-refractivity contribution < 1.29 is 60.1 Å². The standard InChI is InChI=1S/C24H26FN7O2.2C2HF3O2/c1-29-12-17(11-26-29)22-18-9-15(3-4-19(18)30(2)28-22)23-20-13-31(21(33)10-25)6-7-32(20)24(27-23)16-5-8-34-14-16;2*3-2(4,5)1(6)7/h3-4,9,11-12,16H,5-8,10,13-14H2,1-2H3;2*(H,6,7). The molecule has 4 aromatic rings. The van der Waals surface area contributed by atoms with Crippen molar-refractivity contribution in [2.24, 2.45) is 14.1 Å². The number of ether oxygens (including phenoxy) is 1. The predicted octanol–water partition coefficient (Wildman–Crippen LogP) is 3.92. The van der Waals surface area contributed by atoms with E-state index in [1.54, 1.807) is 9.58 Å². The highest BCUT2D eigenvalue weighted by Crippen LogP contribution is 2.36. The van der Waals surface area contributed by atoms with E-state index in [0.717, 1.165) is 58.0 Å². The lowest BCUT2D eigenvalue weighted by Crippen LogP contribution is -2.39.